The number of rotatable bonds is 2. The van der Waals surface area contributed by atoms with Crippen LogP contribution in [0.3, 0.4) is 0 Å². The van der Waals surface area contributed by atoms with Gasteiger partial charge in [0, 0.05) is 49.1 Å². The molecule has 22 heavy (non-hydrogen) atoms. The van der Waals surface area contributed by atoms with E-state index in [2.05, 4.69) is 35.8 Å². The third-order valence-electron chi connectivity index (χ3n) is 5.74. The Labute approximate surface area is 131 Å². The van der Waals surface area contributed by atoms with Crippen LogP contribution in [0.4, 0.5) is 0 Å². The second-order valence-electron chi connectivity index (χ2n) is 7.02. The van der Waals surface area contributed by atoms with Crippen LogP contribution in [0.15, 0.2) is 24.3 Å². The molecular formula is C19H24N2O. The first-order chi connectivity index (χ1) is 10.6. The zero-order valence-electron chi connectivity index (χ0n) is 13.7. The van der Waals surface area contributed by atoms with Crippen LogP contribution in [0, 0.1) is 5.92 Å². The molecule has 3 atom stereocenters. The summed E-state index contributed by atoms with van der Waals surface area (Å²) in [5.74, 6) is 1.46. The van der Waals surface area contributed by atoms with Crippen molar-refractivity contribution < 1.29 is 4.79 Å². The Morgan fingerprint density at radius 1 is 1.27 bits per heavy atom. The van der Waals surface area contributed by atoms with Gasteiger partial charge in [-0.1, -0.05) is 18.2 Å². The monoisotopic (exact) mass is 296 g/mol. The minimum absolute atomic E-state index is 0.177. The van der Waals surface area contributed by atoms with E-state index in [0.29, 0.717) is 17.7 Å². The van der Waals surface area contributed by atoms with Crippen molar-refractivity contribution in [2.24, 2.45) is 5.92 Å². The number of nitrogens with zero attached hydrogens (tertiary/aromatic N) is 2. The summed E-state index contributed by atoms with van der Waals surface area (Å²) < 4.78 is 2.47. The van der Waals surface area contributed by atoms with Crippen molar-refractivity contribution in [3.8, 4) is 0 Å². The van der Waals surface area contributed by atoms with Gasteiger partial charge in [0.25, 0.3) is 0 Å². The van der Waals surface area contributed by atoms with Crippen molar-refractivity contribution in [3.05, 3.63) is 35.5 Å². The standard InChI is InChI=1S/C19H24N2O/c1-4-21-16-8-6-5-7-14(16)17-12-9-10-13(18(17)21)15(11-12)19(22)20(2)3/h5-8,12-13,15H,4,9-11H2,1-3H3. The quantitative estimate of drug-likeness (QED) is 0.829. The zero-order valence-corrected chi connectivity index (χ0v) is 13.7. The molecule has 2 aromatic rings. The third-order valence-corrected chi connectivity index (χ3v) is 5.74. The minimum atomic E-state index is 0.177. The highest BCUT2D eigenvalue weighted by Crippen LogP contribution is 2.55. The van der Waals surface area contributed by atoms with Crippen LogP contribution in [-0.2, 0) is 11.3 Å². The van der Waals surface area contributed by atoms with Crippen LogP contribution in [0.5, 0.6) is 0 Å². The summed E-state index contributed by atoms with van der Waals surface area (Å²) in [5, 5.41) is 1.42. The number of benzene rings is 1. The molecule has 116 valence electrons. The Morgan fingerprint density at radius 2 is 2.05 bits per heavy atom. The number of para-hydroxylation sites is 1. The van der Waals surface area contributed by atoms with Crippen molar-refractivity contribution in [1.29, 1.82) is 0 Å². The summed E-state index contributed by atoms with van der Waals surface area (Å²) in [6, 6.07) is 8.78. The summed E-state index contributed by atoms with van der Waals surface area (Å²) in [4.78, 5) is 14.4. The molecule has 3 aliphatic carbocycles. The Balaban J connectivity index is 1.93. The molecule has 3 aliphatic rings. The van der Waals surface area contributed by atoms with Gasteiger partial charge in [0.2, 0.25) is 5.91 Å². The highest BCUT2D eigenvalue weighted by atomic mass is 16.2. The maximum Gasteiger partial charge on any atom is 0.225 e. The molecule has 5 rings (SSSR count). The lowest BCUT2D eigenvalue weighted by Crippen LogP contribution is -2.40. The van der Waals surface area contributed by atoms with E-state index < -0.39 is 0 Å². The lowest BCUT2D eigenvalue weighted by molar-refractivity contribution is -0.135. The van der Waals surface area contributed by atoms with Gasteiger partial charge in [-0.15, -0.1) is 0 Å². The van der Waals surface area contributed by atoms with E-state index in [4.69, 9.17) is 0 Å². The molecule has 3 nitrogen and oxygen atoms in total. The molecular weight excluding hydrogens is 272 g/mol. The number of hydrogen-bond donors (Lipinski definition) is 0. The molecule has 0 spiro atoms. The number of carbonyl (C=O) groups excluding carboxylic acids is 1. The predicted molar refractivity (Wildman–Crippen MR) is 89.1 cm³/mol. The number of aromatic nitrogens is 1. The lowest BCUT2D eigenvalue weighted by atomic mass is 9.63. The highest BCUT2D eigenvalue weighted by molar-refractivity contribution is 5.89. The zero-order chi connectivity index (χ0) is 15.4. The van der Waals surface area contributed by atoms with E-state index in [9.17, 15) is 4.79 Å². The Hall–Kier alpha value is -1.77. The molecule has 3 unspecified atom stereocenters. The fourth-order valence-corrected chi connectivity index (χ4v) is 4.88. The van der Waals surface area contributed by atoms with Crippen LogP contribution in [0.2, 0.25) is 0 Å². The molecule has 1 heterocycles. The molecule has 1 saturated carbocycles. The number of fused-ring (bicyclic) bond motifs is 3. The van der Waals surface area contributed by atoms with Gasteiger partial charge in [0.1, 0.15) is 0 Å². The van der Waals surface area contributed by atoms with Crippen LogP contribution in [-0.4, -0.2) is 29.5 Å². The second kappa shape index (κ2) is 4.87. The van der Waals surface area contributed by atoms with Crippen LogP contribution >= 0.6 is 0 Å². The first-order valence-corrected chi connectivity index (χ1v) is 8.45. The van der Waals surface area contributed by atoms with E-state index >= 15 is 0 Å². The van der Waals surface area contributed by atoms with Gasteiger partial charge in [0.15, 0.2) is 0 Å². The second-order valence-corrected chi connectivity index (χ2v) is 7.02. The average Bonchev–Trinajstić information content (AvgIpc) is 2.90. The Morgan fingerprint density at radius 3 is 2.77 bits per heavy atom. The highest BCUT2D eigenvalue weighted by Gasteiger charge is 2.46. The minimum Gasteiger partial charge on any atom is -0.349 e. The Kier molecular flexibility index (Phi) is 3.07. The summed E-state index contributed by atoms with van der Waals surface area (Å²) in [7, 11) is 3.78. The lowest BCUT2D eigenvalue weighted by Gasteiger charge is -2.43. The maximum absolute atomic E-state index is 12.6. The predicted octanol–water partition coefficient (Wildman–Crippen LogP) is 3.73. The van der Waals surface area contributed by atoms with Crippen LogP contribution in [0.25, 0.3) is 10.9 Å². The van der Waals surface area contributed by atoms with Gasteiger partial charge in [0.05, 0.1) is 0 Å². The summed E-state index contributed by atoms with van der Waals surface area (Å²) >= 11 is 0. The molecule has 3 heteroatoms. The smallest absolute Gasteiger partial charge is 0.225 e. The molecule has 1 amide bonds. The van der Waals surface area contributed by atoms with E-state index in [1.54, 1.807) is 10.5 Å². The van der Waals surface area contributed by atoms with E-state index in [1.807, 2.05) is 14.1 Å². The molecule has 1 aromatic heterocycles. The van der Waals surface area contributed by atoms with E-state index in [0.717, 1.165) is 19.4 Å². The average molecular weight is 296 g/mol. The summed E-state index contributed by atoms with van der Waals surface area (Å²) in [5.41, 5.74) is 4.37. The number of aryl methyl sites for hydroxylation is 1. The molecule has 0 saturated heterocycles. The van der Waals surface area contributed by atoms with Crippen LogP contribution in [0.1, 0.15) is 49.3 Å². The third kappa shape index (κ3) is 1.71. The number of carbonyl (C=O) groups is 1. The fourth-order valence-electron chi connectivity index (χ4n) is 4.88. The van der Waals surface area contributed by atoms with Gasteiger partial charge in [-0.25, -0.2) is 0 Å². The van der Waals surface area contributed by atoms with E-state index in [-0.39, 0.29) is 5.92 Å². The van der Waals surface area contributed by atoms with Crippen molar-refractivity contribution >= 4 is 16.8 Å². The molecule has 1 aromatic carbocycles. The van der Waals surface area contributed by atoms with Crippen LogP contribution < -0.4 is 0 Å². The van der Waals surface area contributed by atoms with E-state index in [1.165, 1.54) is 23.0 Å². The SMILES string of the molecule is CCn1c2c(c3ccccc31)C1CCC2C(C(=O)N(C)C)C1. The molecule has 1 fully saturated rings. The largest absolute Gasteiger partial charge is 0.349 e. The topological polar surface area (TPSA) is 25.2 Å². The number of hydrogen-bond acceptors (Lipinski definition) is 1. The van der Waals surface area contributed by atoms with Gasteiger partial charge in [-0.2, -0.15) is 0 Å². The first kappa shape index (κ1) is 13.9. The summed E-state index contributed by atoms with van der Waals surface area (Å²) in [6.07, 6.45) is 3.44. The van der Waals surface area contributed by atoms with Gasteiger partial charge < -0.3 is 9.47 Å². The first-order valence-electron chi connectivity index (χ1n) is 8.45. The molecule has 0 aliphatic heterocycles. The van der Waals surface area contributed by atoms with Gasteiger partial charge >= 0.3 is 0 Å². The van der Waals surface area contributed by atoms with Crippen molar-refractivity contribution in [2.75, 3.05) is 14.1 Å². The van der Waals surface area contributed by atoms with Gasteiger partial charge in [-0.3, -0.25) is 4.79 Å². The maximum atomic E-state index is 12.6. The van der Waals surface area contributed by atoms with Crippen molar-refractivity contribution in [2.45, 2.75) is 44.6 Å². The van der Waals surface area contributed by atoms with Crippen molar-refractivity contribution in [3.63, 3.8) is 0 Å². The van der Waals surface area contributed by atoms with Gasteiger partial charge in [-0.05, 0) is 43.7 Å². The normalized spacial score (nSPS) is 26.2. The Bertz CT molecular complexity index is 743. The van der Waals surface area contributed by atoms with Crippen molar-refractivity contribution in [1.82, 2.24) is 9.47 Å². The molecule has 2 bridgehead atoms. The fraction of sp³-hybridized carbons (Fsp3) is 0.526. The molecule has 0 N–H and O–H groups in total. The summed E-state index contributed by atoms with van der Waals surface area (Å²) in [6.45, 7) is 3.21. The molecule has 0 radical (unpaired) electrons. The number of amides is 1.